The van der Waals surface area contributed by atoms with Gasteiger partial charge in [0, 0.05) is 13.2 Å². The van der Waals surface area contributed by atoms with E-state index < -0.39 is 22.8 Å². The molecule has 1 aliphatic rings. The average molecular weight is 272 g/mol. The molecule has 1 fully saturated rings. The second-order valence-electron chi connectivity index (χ2n) is 6.09. The average Bonchev–Trinajstić information content (AvgIpc) is 3.08. The number of carboxylic acids is 2. The first-order valence-electron chi connectivity index (χ1n) is 6.85. The Morgan fingerprint density at radius 3 is 2.26 bits per heavy atom. The predicted octanol–water partition coefficient (Wildman–Crippen LogP) is 2.54. The van der Waals surface area contributed by atoms with Gasteiger partial charge in [-0.3, -0.25) is 9.59 Å². The van der Waals surface area contributed by atoms with E-state index in [-0.39, 0.29) is 0 Å². The summed E-state index contributed by atoms with van der Waals surface area (Å²) in [5.41, 5.74) is -1.19. The number of unbranched alkanes of at least 4 members (excludes halogenated alkanes) is 1. The summed E-state index contributed by atoms with van der Waals surface area (Å²) < 4.78 is 5.40. The fraction of sp³-hybridized carbons (Fsp3) is 0.857. The highest BCUT2D eigenvalue weighted by Gasteiger charge is 2.49. The molecule has 0 aromatic heterocycles. The molecule has 19 heavy (non-hydrogen) atoms. The van der Waals surface area contributed by atoms with Crippen molar-refractivity contribution >= 4 is 11.9 Å². The third kappa shape index (κ3) is 4.82. The maximum absolute atomic E-state index is 10.9. The van der Waals surface area contributed by atoms with Gasteiger partial charge in [0.05, 0.1) is 10.8 Å². The summed E-state index contributed by atoms with van der Waals surface area (Å²) in [6, 6.07) is 0. The molecule has 5 nitrogen and oxygen atoms in total. The third-order valence-corrected chi connectivity index (χ3v) is 3.95. The van der Waals surface area contributed by atoms with E-state index in [2.05, 4.69) is 0 Å². The molecule has 1 saturated carbocycles. The normalized spacial score (nSPS) is 17.2. The largest absolute Gasteiger partial charge is 0.481 e. The second kappa shape index (κ2) is 6.37. The van der Waals surface area contributed by atoms with Crippen LogP contribution in [0.1, 0.15) is 52.4 Å². The predicted molar refractivity (Wildman–Crippen MR) is 70.0 cm³/mol. The molecule has 0 heterocycles. The highest BCUT2D eigenvalue weighted by Crippen LogP contribution is 2.49. The van der Waals surface area contributed by atoms with Crippen LogP contribution in [0.15, 0.2) is 0 Å². The lowest BCUT2D eigenvalue weighted by Gasteiger charge is -2.18. The van der Waals surface area contributed by atoms with Gasteiger partial charge in [0.25, 0.3) is 0 Å². The zero-order chi connectivity index (χ0) is 14.5. The van der Waals surface area contributed by atoms with E-state index in [4.69, 9.17) is 14.9 Å². The summed E-state index contributed by atoms with van der Waals surface area (Å²) in [4.78, 5) is 21.8. The number of carboxylic acid groups (broad SMARTS) is 2. The van der Waals surface area contributed by atoms with Gasteiger partial charge in [-0.2, -0.15) is 0 Å². The standard InChI is InChI=1S/C14H24O5/c1-13(2,11(15)16)8-10-19-9-4-3-5-14(6-7-14)12(17)18/h3-10H2,1-2H3,(H,15,16)(H,17,18). The van der Waals surface area contributed by atoms with Gasteiger partial charge in [-0.25, -0.2) is 0 Å². The van der Waals surface area contributed by atoms with Crippen LogP contribution in [0.3, 0.4) is 0 Å². The smallest absolute Gasteiger partial charge is 0.309 e. The lowest BCUT2D eigenvalue weighted by molar-refractivity contribution is -0.148. The number of rotatable bonds is 10. The first-order chi connectivity index (χ1) is 8.80. The van der Waals surface area contributed by atoms with Crippen LogP contribution in [0.2, 0.25) is 0 Å². The molecule has 0 aromatic rings. The Hall–Kier alpha value is -1.10. The van der Waals surface area contributed by atoms with Gasteiger partial charge in [0.2, 0.25) is 0 Å². The van der Waals surface area contributed by atoms with Crippen LogP contribution in [-0.2, 0) is 14.3 Å². The summed E-state index contributed by atoms with van der Waals surface area (Å²) in [5, 5.41) is 17.9. The molecule has 1 rings (SSSR count). The molecule has 110 valence electrons. The molecule has 0 spiro atoms. The maximum atomic E-state index is 10.9. The van der Waals surface area contributed by atoms with Crippen molar-refractivity contribution in [1.29, 1.82) is 0 Å². The lowest BCUT2D eigenvalue weighted by Crippen LogP contribution is -2.25. The van der Waals surface area contributed by atoms with E-state index in [1.165, 1.54) is 0 Å². The van der Waals surface area contributed by atoms with Crippen molar-refractivity contribution in [2.75, 3.05) is 13.2 Å². The number of hydrogen-bond acceptors (Lipinski definition) is 3. The molecule has 0 aromatic carbocycles. The number of ether oxygens (including phenoxy) is 1. The minimum absolute atomic E-state index is 0.434. The highest BCUT2D eigenvalue weighted by atomic mass is 16.5. The van der Waals surface area contributed by atoms with Crippen molar-refractivity contribution in [2.45, 2.75) is 52.4 Å². The number of carbonyl (C=O) groups is 2. The van der Waals surface area contributed by atoms with Gasteiger partial charge in [-0.15, -0.1) is 0 Å². The first-order valence-corrected chi connectivity index (χ1v) is 6.85. The van der Waals surface area contributed by atoms with Crippen molar-refractivity contribution < 1.29 is 24.5 Å². The van der Waals surface area contributed by atoms with Crippen LogP contribution >= 0.6 is 0 Å². The molecule has 0 amide bonds. The van der Waals surface area contributed by atoms with E-state index in [0.29, 0.717) is 19.6 Å². The summed E-state index contributed by atoms with van der Waals surface area (Å²) in [6.07, 6.45) is 4.51. The third-order valence-electron chi connectivity index (χ3n) is 3.95. The molecule has 2 N–H and O–H groups in total. The molecule has 5 heteroatoms. The topological polar surface area (TPSA) is 83.8 Å². The fourth-order valence-electron chi connectivity index (χ4n) is 1.93. The van der Waals surface area contributed by atoms with E-state index in [1.807, 2.05) is 0 Å². The molecular formula is C14H24O5. The molecular weight excluding hydrogens is 248 g/mol. The Morgan fingerprint density at radius 2 is 1.79 bits per heavy atom. The van der Waals surface area contributed by atoms with E-state index in [9.17, 15) is 9.59 Å². The van der Waals surface area contributed by atoms with Crippen molar-refractivity contribution in [3.63, 3.8) is 0 Å². The zero-order valence-electron chi connectivity index (χ0n) is 11.8. The Labute approximate surface area is 114 Å². The van der Waals surface area contributed by atoms with E-state index in [0.717, 1.165) is 32.1 Å². The number of hydrogen-bond donors (Lipinski definition) is 2. The quantitative estimate of drug-likeness (QED) is 0.597. The highest BCUT2D eigenvalue weighted by molar-refractivity contribution is 5.77. The molecule has 0 unspecified atom stereocenters. The molecule has 1 aliphatic carbocycles. The van der Waals surface area contributed by atoms with Gasteiger partial charge in [0.15, 0.2) is 0 Å². The molecule has 0 bridgehead atoms. The van der Waals surface area contributed by atoms with E-state index >= 15 is 0 Å². The SMILES string of the molecule is CC(C)(CCOCCCCC1(C(=O)O)CC1)C(=O)O. The summed E-state index contributed by atoms with van der Waals surface area (Å²) in [6.45, 7) is 4.37. The van der Waals surface area contributed by atoms with Gasteiger partial charge in [0.1, 0.15) is 0 Å². The van der Waals surface area contributed by atoms with Crippen molar-refractivity contribution in [1.82, 2.24) is 0 Å². The van der Waals surface area contributed by atoms with Gasteiger partial charge in [-0.05, 0) is 46.0 Å². The van der Waals surface area contributed by atoms with Gasteiger partial charge in [-0.1, -0.05) is 6.42 Å². The van der Waals surface area contributed by atoms with Gasteiger partial charge < -0.3 is 14.9 Å². The Balaban J connectivity index is 2.01. The summed E-state index contributed by atoms with van der Waals surface area (Å²) in [5.74, 6) is -1.48. The van der Waals surface area contributed by atoms with Crippen LogP contribution in [0.25, 0.3) is 0 Å². The Morgan fingerprint density at radius 1 is 1.16 bits per heavy atom. The molecule has 0 saturated heterocycles. The number of aliphatic carboxylic acids is 2. The molecule has 0 atom stereocenters. The van der Waals surface area contributed by atoms with Crippen LogP contribution < -0.4 is 0 Å². The monoisotopic (exact) mass is 272 g/mol. The zero-order valence-corrected chi connectivity index (χ0v) is 11.8. The van der Waals surface area contributed by atoms with E-state index in [1.54, 1.807) is 13.8 Å². The fourth-order valence-corrected chi connectivity index (χ4v) is 1.93. The first kappa shape index (κ1) is 16.0. The van der Waals surface area contributed by atoms with Crippen molar-refractivity contribution in [2.24, 2.45) is 10.8 Å². The van der Waals surface area contributed by atoms with Crippen molar-refractivity contribution in [3.05, 3.63) is 0 Å². The minimum Gasteiger partial charge on any atom is -0.481 e. The maximum Gasteiger partial charge on any atom is 0.309 e. The van der Waals surface area contributed by atoms with Crippen LogP contribution in [-0.4, -0.2) is 35.4 Å². The lowest BCUT2D eigenvalue weighted by atomic mass is 9.90. The molecule has 0 aliphatic heterocycles. The van der Waals surface area contributed by atoms with Crippen molar-refractivity contribution in [3.8, 4) is 0 Å². The van der Waals surface area contributed by atoms with Gasteiger partial charge >= 0.3 is 11.9 Å². The van der Waals surface area contributed by atoms with Crippen LogP contribution in [0.4, 0.5) is 0 Å². The minimum atomic E-state index is -0.812. The summed E-state index contributed by atoms with van der Waals surface area (Å²) >= 11 is 0. The molecule has 0 radical (unpaired) electrons. The second-order valence-corrected chi connectivity index (χ2v) is 6.09. The van der Waals surface area contributed by atoms with Crippen LogP contribution in [0, 0.1) is 10.8 Å². The summed E-state index contributed by atoms with van der Waals surface area (Å²) in [7, 11) is 0. The van der Waals surface area contributed by atoms with Crippen LogP contribution in [0.5, 0.6) is 0 Å². The Kier molecular flexibility index (Phi) is 5.35. The Bertz CT molecular complexity index is 311.